The van der Waals surface area contributed by atoms with Gasteiger partial charge in [0, 0.05) is 18.8 Å². The first-order valence-corrected chi connectivity index (χ1v) is 7.69. The SMILES string of the molecule is CC(C)(CN)Cc1cc2c3c(c1)CCCN3CCC2. The standard InChI is InChI=1S/C17H26N2/c1-17(2,12-18)11-13-9-14-5-3-7-19-8-4-6-15(10-13)16(14)19/h9-10H,3-8,11-12,18H2,1-2H3. The quantitative estimate of drug-likeness (QED) is 0.903. The van der Waals surface area contributed by atoms with E-state index < -0.39 is 0 Å². The Bertz CT molecular complexity index is 445. The van der Waals surface area contributed by atoms with Crippen molar-refractivity contribution < 1.29 is 0 Å². The van der Waals surface area contributed by atoms with Crippen LogP contribution in [0.3, 0.4) is 0 Å². The maximum atomic E-state index is 5.89. The number of rotatable bonds is 3. The maximum Gasteiger partial charge on any atom is 0.0431 e. The van der Waals surface area contributed by atoms with Crippen molar-refractivity contribution in [1.29, 1.82) is 0 Å². The lowest BCUT2D eigenvalue weighted by Gasteiger charge is -2.37. The molecule has 0 saturated carbocycles. The third kappa shape index (κ3) is 2.51. The molecular weight excluding hydrogens is 232 g/mol. The van der Waals surface area contributed by atoms with Crippen molar-refractivity contribution in [1.82, 2.24) is 0 Å². The van der Waals surface area contributed by atoms with E-state index in [1.165, 1.54) is 44.3 Å². The van der Waals surface area contributed by atoms with Crippen molar-refractivity contribution in [3.8, 4) is 0 Å². The van der Waals surface area contributed by atoms with Gasteiger partial charge in [-0.05, 0) is 60.8 Å². The van der Waals surface area contributed by atoms with Crippen LogP contribution in [-0.2, 0) is 19.3 Å². The Kier molecular flexibility index (Phi) is 3.30. The van der Waals surface area contributed by atoms with Gasteiger partial charge >= 0.3 is 0 Å². The molecule has 0 radical (unpaired) electrons. The fourth-order valence-electron chi connectivity index (χ4n) is 3.60. The summed E-state index contributed by atoms with van der Waals surface area (Å²) < 4.78 is 0. The third-order valence-corrected chi connectivity index (χ3v) is 4.63. The Morgan fingerprint density at radius 1 is 1.11 bits per heavy atom. The second-order valence-corrected chi connectivity index (χ2v) is 7.00. The maximum absolute atomic E-state index is 5.89. The molecule has 2 aliphatic rings. The molecular formula is C17H26N2. The highest BCUT2D eigenvalue weighted by atomic mass is 15.1. The molecule has 19 heavy (non-hydrogen) atoms. The topological polar surface area (TPSA) is 29.3 Å². The molecule has 2 N–H and O–H groups in total. The second kappa shape index (κ2) is 4.82. The molecule has 0 bridgehead atoms. The molecule has 2 nitrogen and oxygen atoms in total. The summed E-state index contributed by atoms with van der Waals surface area (Å²) in [6, 6.07) is 4.90. The average molecular weight is 258 g/mol. The van der Waals surface area contributed by atoms with Crippen LogP contribution in [0.2, 0.25) is 0 Å². The Morgan fingerprint density at radius 2 is 1.68 bits per heavy atom. The van der Waals surface area contributed by atoms with E-state index in [1.807, 2.05) is 0 Å². The van der Waals surface area contributed by atoms with Gasteiger partial charge in [-0.15, -0.1) is 0 Å². The van der Waals surface area contributed by atoms with Crippen molar-refractivity contribution in [2.24, 2.45) is 11.1 Å². The zero-order chi connectivity index (χ0) is 13.5. The second-order valence-electron chi connectivity index (χ2n) is 7.00. The van der Waals surface area contributed by atoms with Crippen LogP contribution in [0.4, 0.5) is 5.69 Å². The Hall–Kier alpha value is -1.02. The van der Waals surface area contributed by atoms with Gasteiger partial charge in [0.15, 0.2) is 0 Å². The Labute approximate surface area is 117 Å². The molecule has 1 aromatic rings. The minimum atomic E-state index is 0.212. The molecule has 0 amide bonds. The van der Waals surface area contributed by atoms with E-state index in [2.05, 4.69) is 30.9 Å². The van der Waals surface area contributed by atoms with Gasteiger partial charge in [0.1, 0.15) is 0 Å². The predicted molar refractivity (Wildman–Crippen MR) is 81.8 cm³/mol. The first-order chi connectivity index (χ1) is 9.09. The zero-order valence-corrected chi connectivity index (χ0v) is 12.3. The van der Waals surface area contributed by atoms with E-state index in [0.29, 0.717) is 0 Å². The van der Waals surface area contributed by atoms with E-state index in [4.69, 9.17) is 5.73 Å². The van der Waals surface area contributed by atoms with Crippen LogP contribution in [0.15, 0.2) is 12.1 Å². The predicted octanol–water partition coefficient (Wildman–Crippen LogP) is 2.91. The lowest BCUT2D eigenvalue weighted by Crippen LogP contribution is -2.34. The minimum absolute atomic E-state index is 0.212. The summed E-state index contributed by atoms with van der Waals surface area (Å²) in [6.07, 6.45) is 6.25. The van der Waals surface area contributed by atoms with E-state index in [9.17, 15) is 0 Å². The fraction of sp³-hybridized carbons (Fsp3) is 0.647. The van der Waals surface area contributed by atoms with Crippen molar-refractivity contribution in [2.45, 2.75) is 46.0 Å². The summed E-state index contributed by atoms with van der Waals surface area (Å²) >= 11 is 0. The molecule has 1 aromatic carbocycles. The summed E-state index contributed by atoms with van der Waals surface area (Å²) in [5.74, 6) is 0. The van der Waals surface area contributed by atoms with Gasteiger partial charge in [-0.3, -0.25) is 0 Å². The Morgan fingerprint density at radius 3 is 2.21 bits per heavy atom. The lowest BCUT2D eigenvalue weighted by molar-refractivity contribution is 0.376. The van der Waals surface area contributed by atoms with E-state index in [0.717, 1.165) is 13.0 Å². The van der Waals surface area contributed by atoms with Crippen LogP contribution in [0.25, 0.3) is 0 Å². The molecule has 0 atom stereocenters. The summed E-state index contributed by atoms with van der Waals surface area (Å²) in [5, 5.41) is 0. The van der Waals surface area contributed by atoms with Crippen molar-refractivity contribution >= 4 is 5.69 Å². The summed E-state index contributed by atoms with van der Waals surface area (Å²) in [4.78, 5) is 2.61. The zero-order valence-electron chi connectivity index (χ0n) is 12.3. The van der Waals surface area contributed by atoms with Crippen molar-refractivity contribution in [2.75, 3.05) is 24.5 Å². The highest BCUT2D eigenvalue weighted by molar-refractivity contribution is 5.64. The van der Waals surface area contributed by atoms with E-state index in [1.54, 1.807) is 16.8 Å². The highest BCUT2D eigenvalue weighted by Gasteiger charge is 2.25. The monoisotopic (exact) mass is 258 g/mol. The molecule has 0 spiro atoms. The van der Waals surface area contributed by atoms with E-state index >= 15 is 0 Å². The Balaban J connectivity index is 1.97. The number of nitrogens with zero attached hydrogens (tertiary/aromatic N) is 1. The number of hydrogen-bond donors (Lipinski definition) is 1. The number of aryl methyl sites for hydroxylation is 2. The number of benzene rings is 1. The fourth-order valence-corrected chi connectivity index (χ4v) is 3.60. The van der Waals surface area contributed by atoms with Gasteiger partial charge in [-0.25, -0.2) is 0 Å². The summed E-state index contributed by atoms with van der Waals surface area (Å²) in [6.45, 7) is 7.81. The van der Waals surface area contributed by atoms with Crippen LogP contribution in [0.1, 0.15) is 43.4 Å². The minimum Gasteiger partial charge on any atom is -0.371 e. The molecule has 2 heteroatoms. The molecule has 0 aromatic heterocycles. The molecule has 0 saturated heterocycles. The van der Waals surface area contributed by atoms with Crippen LogP contribution < -0.4 is 10.6 Å². The van der Waals surface area contributed by atoms with Crippen molar-refractivity contribution in [3.63, 3.8) is 0 Å². The molecule has 104 valence electrons. The van der Waals surface area contributed by atoms with Gasteiger partial charge in [0.25, 0.3) is 0 Å². The van der Waals surface area contributed by atoms with Gasteiger partial charge in [0.2, 0.25) is 0 Å². The average Bonchev–Trinajstić information content (AvgIpc) is 2.39. The summed E-state index contributed by atoms with van der Waals surface area (Å²) in [5.41, 5.74) is 12.3. The van der Waals surface area contributed by atoms with Gasteiger partial charge in [0.05, 0.1) is 0 Å². The first kappa shape index (κ1) is 13.0. The van der Waals surface area contributed by atoms with Crippen LogP contribution in [0.5, 0.6) is 0 Å². The van der Waals surface area contributed by atoms with Gasteiger partial charge < -0.3 is 10.6 Å². The molecule has 2 aliphatic heterocycles. The molecule has 0 unspecified atom stereocenters. The molecule has 0 aliphatic carbocycles. The summed E-state index contributed by atoms with van der Waals surface area (Å²) in [7, 11) is 0. The van der Waals surface area contributed by atoms with Crippen molar-refractivity contribution in [3.05, 3.63) is 28.8 Å². The number of hydrogen-bond acceptors (Lipinski definition) is 2. The van der Waals surface area contributed by atoms with Crippen LogP contribution in [0, 0.1) is 5.41 Å². The number of anilines is 1. The molecule has 0 fully saturated rings. The van der Waals surface area contributed by atoms with Crippen LogP contribution in [-0.4, -0.2) is 19.6 Å². The largest absolute Gasteiger partial charge is 0.371 e. The van der Waals surface area contributed by atoms with Crippen LogP contribution >= 0.6 is 0 Å². The molecule has 2 heterocycles. The molecule has 3 rings (SSSR count). The number of nitrogens with two attached hydrogens (primary N) is 1. The third-order valence-electron chi connectivity index (χ3n) is 4.63. The van der Waals surface area contributed by atoms with E-state index in [-0.39, 0.29) is 5.41 Å². The lowest BCUT2D eigenvalue weighted by atomic mass is 9.82. The first-order valence-electron chi connectivity index (χ1n) is 7.69. The van der Waals surface area contributed by atoms with Gasteiger partial charge in [-0.2, -0.15) is 0 Å². The van der Waals surface area contributed by atoms with Gasteiger partial charge in [-0.1, -0.05) is 26.0 Å². The highest BCUT2D eigenvalue weighted by Crippen LogP contribution is 2.37. The normalized spacial score (nSPS) is 18.4. The smallest absolute Gasteiger partial charge is 0.0431 e.